The van der Waals surface area contributed by atoms with Crippen LogP contribution in [0.15, 0.2) is 24.3 Å². The summed E-state index contributed by atoms with van der Waals surface area (Å²) in [4.78, 5) is 36.9. The van der Waals surface area contributed by atoms with Crippen LogP contribution >= 0.6 is 0 Å². The molecule has 1 aliphatic heterocycles. The molecule has 1 N–H and O–H groups in total. The molecule has 6 heteroatoms. The van der Waals surface area contributed by atoms with E-state index < -0.39 is 0 Å². The maximum Gasteiger partial charge on any atom is 0.229 e. The summed E-state index contributed by atoms with van der Waals surface area (Å²) in [7, 11) is 0. The molecule has 0 spiro atoms. The van der Waals surface area contributed by atoms with Crippen molar-refractivity contribution in [1.82, 2.24) is 20.2 Å². The van der Waals surface area contributed by atoms with Crippen LogP contribution in [-0.4, -0.2) is 46.3 Å². The lowest BCUT2D eigenvalue weighted by Crippen LogP contribution is -2.41. The maximum absolute atomic E-state index is 13.2. The van der Waals surface area contributed by atoms with E-state index >= 15 is 0 Å². The van der Waals surface area contributed by atoms with Gasteiger partial charge in [0.15, 0.2) is 0 Å². The van der Waals surface area contributed by atoms with E-state index in [1.807, 2.05) is 44.7 Å². The highest BCUT2D eigenvalue weighted by molar-refractivity contribution is 5.83. The van der Waals surface area contributed by atoms with Gasteiger partial charge < -0.3 is 10.2 Å². The summed E-state index contributed by atoms with van der Waals surface area (Å²) in [6.45, 7) is 12.1. The number of benzene rings is 1. The standard InChI is InChI=1S/C26H36N4O2/c1-6-13-27-24(31)15-23-19(4)28-25(29-20(23)5)22-8-7-14-30(16-22)26(32)18(3)21-11-9-17(2)10-12-21/h9-12,18,22H,6-8,13-16H2,1-5H3,(H,27,31)/t18-,22+/m0/s1. The number of aryl methyl sites for hydroxylation is 3. The van der Waals surface area contributed by atoms with Gasteiger partial charge in [0, 0.05) is 42.5 Å². The van der Waals surface area contributed by atoms with E-state index in [9.17, 15) is 9.59 Å². The fourth-order valence-electron chi connectivity index (χ4n) is 4.35. The van der Waals surface area contributed by atoms with Gasteiger partial charge in [-0.05, 0) is 52.5 Å². The number of hydrogen-bond acceptors (Lipinski definition) is 4. The Labute approximate surface area is 191 Å². The minimum Gasteiger partial charge on any atom is -0.356 e. The van der Waals surface area contributed by atoms with Gasteiger partial charge >= 0.3 is 0 Å². The van der Waals surface area contributed by atoms with Crippen molar-refractivity contribution in [2.45, 2.75) is 72.1 Å². The van der Waals surface area contributed by atoms with Crippen molar-refractivity contribution in [3.63, 3.8) is 0 Å². The fourth-order valence-corrected chi connectivity index (χ4v) is 4.35. The van der Waals surface area contributed by atoms with Crippen LogP contribution < -0.4 is 5.32 Å². The van der Waals surface area contributed by atoms with Crippen LogP contribution in [0, 0.1) is 20.8 Å². The van der Waals surface area contributed by atoms with Gasteiger partial charge in [-0.3, -0.25) is 9.59 Å². The summed E-state index contributed by atoms with van der Waals surface area (Å²) in [5.74, 6) is 0.921. The number of aromatic nitrogens is 2. The van der Waals surface area contributed by atoms with Crippen molar-refractivity contribution in [3.8, 4) is 0 Å². The topological polar surface area (TPSA) is 75.2 Å². The first-order valence-corrected chi connectivity index (χ1v) is 11.8. The number of amides is 2. The molecule has 1 aromatic carbocycles. The van der Waals surface area contributed by atoms with E-state index in [4.69, 9.17) is 9.97 Å². The molecule has 2 heterocycles. The van der Waals surface area contributed by atoms with Crippen molar-refractivity contribution in [2.75, 3.05) is 19.6 Å². The van der Waals surface area contributed by atoms with Crippen LogP contribution in [0.1, 0.15) is 78.8 Å². The summed E-state index contributed by atoms with van der Waals surface area (Å²) >= 11 is 0. The zero-order valence-corrected chi connectivity index (χ0v) is 20.1. The average molecular weight is 437 g/mol. The highest BCUT2D eigenvalue weighted by atomic mass is 16.2. The van der Waals surface area contributed by atoms with Crippen molar-refractivity contribution in [3.05, 3.63) is 58.2 Å². The molecule has 2 atom stereocenters. The van der Waals surface area contributed by atoms with Crippen LogP contribution in [0.25, 0.3) is 0 Å². The van der Waals surface area contributed by atoms with Crippen LogP contribution in [0.4, 0.5) is 0 Å². The lowest BCUT2D eigenvalue weighted by molar-refractivity contribution is -0.133. The second-order valence-electron chi connectivity index (χ2n) is 9.01. The zero-order valence-electron chi connectivity index (χ0n) is 20.1. The van der Waals surface area contributed by atoms with E-state index in [1.165, 1.54) is 5.56 Å². The number of likely N-dealkylation sites (tertiary alicyclic amines) is 1. The Balaban J connectivity index is 1.71. The number of nitrogens with zero attached hydrogens (tertiary/aromatic N) is 3. The largest absolute Gasteiger partial charge is 0.356 e. The van der Waals surface area contributed by atoms with Crippen molar-refractivity contribution in [1.29, 1.82) is 0 Å². The molecule has 1 aliphatic rings. The molecule has 3 rings (SSSR count). The second kappa shape index (κ2) is 10.7. The molecule has 1 fully saturated rings. The monoisotopic (exact) mass is 436 g/mol. The summed E-state index contributed by atoms with van der Waals surface area (Å²) < 4.78 is 0. The normalized spacial score (nSPS) is 17.2. The van der Waals surface area contributed by atoms with Gasteiger partial charge in [0.05, 0.1) is 12.3 Å². The van der Waals surface area contributed by atoms with Crippen molar-refractivity contribution in [2.24, 2.45) is 0 Å². The smallest absolute Gasteiger partial charge is 0.229 e. The molecule has 2 aromatic rings. The first kappa shape index (κ1) is 23.9. The number of carbonyl (C=O) groups is 2. The van der Waals surface area contributed by atoms with E-state index in [1.54, 1.807) is 0 Å². The van der Waals surface area contributed by atoms with Gasteiger partial charge in [0.2, 0.25) is 11.8 Å². The van der Waals surface area contributed by atoms with Crippen molar-refractivity contribution < 1.29 is 9.59 Å². The molecule has 32 heavy (non-hydrogen) atoms. The number of hydrogen-bond donors (Lipinski definition) is 1. The predicted octanol–water partition coefficient (Wildman–Crippen LogP) is 3.98. The highest BCUT2D eigenvalue weighted by Gasteiger charge is 2.30. The molecule has 172 valence electrons. The lowest BCUT2D eigenvalue weighted by atomic mass is 9.93. The molecule has 0 radical (unpaired) electrons. The van der Waals surface area contributed by atoms with Crippen LogP contribution in [0.2, 0.25) is 0 Å². The molecule has 1 saturated heterocycles. The van der Waals surface area contributed by atoms with E-state index in [0.29, 0.717) is 19.5 Å². The van der Waals surface area contributed by atoms with Gasteiger partial charge in [-0.2, -0.15) is 0 Å². The third kappa shape index (κ3) is 5.72. The van der Waals surface area contributed by atoms with Gasteiger partial charge in [0.1, 0.15) is 5.82 Å². The second-order valence-corrected chi connectivity index (χ2v) is 9.01. The lowest BCUT2D eigenvalue weighted by Gasteiger charge is -2.34. The van der Waals surface area contributed by atoms with Gasteiger partial charge in [-0.15, -0.1) is 0 Å². The van der Waals surface area contributed by atoms with Crippen LogP contribution in [0.5, 0.6) is 0 Å². The minimum atomic E-state index is -0.164. The summed E-state index contributed by atoms with van der Waals surface area (Å²) in [5, 5.41) is 2.92. The molecule has 1 aromatic heterocycles. The summed E-state index contributed by atoms with van der Waals surface area (Å²) in [6, 6.07) is 8.21. The Hall–Kier alpha value is -2.76. The van der Waals surface area contributed by atoms with E-state index in [-0.39, 0.29) is 23.7 Å². The average Bonchev–Trinajstić information content (AvgIpc) is 2.79. The molecule has 0 saturated carbocycles. The zero-order chi connectivity index (χ0) is 23.3. The third-order valence-corrected chi connectivity index (χ3v) is 6.39. The quantitative estimate of drug-likeness (QED) is 0.712. The van der Waals surface area contributed by atoms with Crippen LogP contribution in [-0.2, 0) is 16.0 Å². The molecule has 0 aliphatic carbocycles. The van der Waals surface area contributed by atoms with Crippen LogP contribution in [0.3, 0.4) is 0 Å². The number of carbonyl (C=O) groups excluding carboxylic acids is 2. The first-order valence-electron chi connectivity index (χ1n) is 11.8. The Morgan fingerprint density at radius 2 is 1.78 bits per heavy atom. The Morgan fingerprint density at radius 1 is 1.12 bits per heavy atom. The van der Waals surface area contributed by atoms with E-state index in [2.05, 4.69) is 24.4 Å². The highest BCUT2D eigenvalue weighted by Crippen LogP contribution is 2.28. The molecule has 2 amide bonds. The molecular formula is C26H36N4O2. The Morgan fingerprint density at radius 3 is 2.41 bits per heavy atom. The van der Waals surface area contributed by atoms with E-state index in [0.717, 1.165) is 54.1 Å². The predicted molar refractivity (Wildman–Crippen MR) is 127 cm³/mol. The minimum absolute atomic E-state index is 0.00827. The van der Waals surface area contributed by atoms with Crippen molar-refractivity contribution >= 4 is 11.8 Å². The molecule has 0 unspecified atom stereocenters. The number of rotatable bonds is 7. The van der Waals surface area contributed by atoms with Gasteiger partial charge in [0.25, 0.3) is 0 Å². The first-order chi connectivity index (χ1) is 15.3. The summed E-state index contributed by atoms with van der Waals surface area (Å²) in [6.07, 6.45) is 3.14. The Kier molecular flexibility index (Phi) is 7.99. The number of nitrogens with one attached hydrogen (secondary N) is 1. The fraction of sp³-hybridized carbons (Fsp3) is 0.538. The molecular weight excluding hydrogens is 400 g/mol. The summed E-state index contributed by atoms with van der Waals surface area (Å²) in [5.41, 5.74) is 4.86. The van der Waals surface area contributed by atoms with Gasteiger partial charge in [-0.1, -0.05) is 36.8 Å². The third-order valence-electron chi connectivity index (χ3n) is 6.39. The van der Waals surface area contributed by atoms with Gasteiger partial charge in [-0.25, -0.2) is 9.97 Å². The Bertz CT molecular complexity index is 932. The molecule has 6 nitrogen and oxygen atoms in total. The SMILES string of the molecule is CCCNC(=O)Cc1c(C)nc([C@@H]2CCCN(C(=O)[C@@H](C)c3ccc(C)cc3)C2)nc1C. The molecule has 0 bridgehead atoms. The maximum atomic E-state index is 13.2. The number of piperidine rings is 1.